The van der Waals surface area contributed by atoms with E-state index in [4.69, 9.17) is 4.74 Å². The Bertz CT molecular complexity index is 368. The van der Waals surface area contributed by atoms with Gasteiger partial charge in [-0.2, -0.15) is 0 Å². The van der Waals surface area contributed by atoms with Crippen LogP contribution >= 0.6 is 24.0 Å². The summed E-state index contributed by atoms with van der Waals surface area (Å²) >= 11 is 0. The first-order valence-corrected chi connectivity index (χ1v) is 8.34. The van der Waals surface area contributed by atoms with Gasteiger partial charge in [0.1, 0.15) is 0 Å². The van der Waals surface area contributed by atoms with E-state index in [2.05, 4.69) is 22.1 Å². The van der Waals surface area contributed by atoms with Gasteiger partial charge in [-0.3, -0.25) is 4.99 Å². The molecule has 2 N–H and O–H groups in total. The molecule has 5 nitrogen and oxygen atoms in total. The van der Waals surface area contributed by atoms with E-state index >= 15 is 0 Å². The highest BCUT2D eigenvalue weighted by Crippen LogP contribution is 2.39. The molecule has 0 aromatic heterocycles. The van der Waals surface area contributed by atoms with Crippen molar-refractivity contribution < 1.29 is 9.84 Å². The number of rotatable bonds is 4. The van der Waals surface area contributed by atoms with E-state index in [1.54, 1.807) is 0 Å². The quantitative estimate of drug-likeness (QED) is 0.412. The first kappa shape index (κ1) is 20.0. The third-order valence-electron chi connectivity index (χ3n) is 4.96. The maximum atomic E-state index is 10.2. The molecule has 2 aliphatic heterocycles. The summed E-state index contributed by atoms with van der Waals surface area (Å²) in [5, 5.41) is 13.5. The van der Waals surface area contributed by atoms with Crippen molar-refractivity contribution in [2.75, 3.05) is 39.4 Å². The monoisotopic (exact) mass is 425 g/mol. The predicted octanol–water partition coefficient (Wildman–Crippen LogP) is 2.23. The van der Waals surface area contributed by atoms with Crippen LogP contribution in [0.3, 0.4) is 0 Å². The summed E-state index contributed by atoms with van der Waals surface area (Å²) in [5.41, 5.74) is -0.293. The highest BCUT2D eigenvalue weighted by atomic mass is 127. The van der Waals surface area contributed by atoms with E-state index in [1.807, 2.05) is 13.8 Å². The number of aliphatic hydroxyl groups is 1. The van der Waals surface area contributed by atoms with Gasteiger partial charge in [-0.15, -0.1) is 24.0 Å². The molecule has 0 bridgehead atoms. The van der Waals surface area contributed by atoms with Crippen LogP contribution in [0.4, 0.5) is 0 Å². The summed E-state index contributed by atoms with van der Waals surface area (Å²) in [5.74, 6) is 0.953. The molecule has 0 aromatic rings. The fraction of sp³-hybridized carbons (Fsp3) is 0.938. The SMILES string of the molecule is CCNC(=NCC(C)(O)CC)N1CCC2(CCOCC2)C1.I. The molecular formula is C16H32IN3O2. The molecule has 6 heteroatoms. The lowest BCUT2D eigenvalue weighted by molar-refractivity contribution is 0.0217. The molecule has 22 heavy (non-hydrogen) atoms. The number of halogens is 1. The second-order valence-corrected chi connectivity index (χ2v) is 6.80. The van der Waals surface area contributed by atoms with Crippen molar-refractivity contribution >= 4 is 29.9 Å². The Morgan fingerprint density at radius 1 is 1.32 bits per heavy atom. The van der Waals surface area contributed by atoms with Crippen molar-refractivity contribution in [3.63, 3.8) is 0 Å². The van der Waals surface area contributed by atoms with E-state index in [-0.39, 0.29) is 24.0 Å². The summed E-state index contributed by atoms with van der Waals surface area (Å²) in [6, 6.07) is 0. The van der Waals surface area contributed by atoms with Crippen molar-refractivity contribution in [3.05, 3.63) is 0 Å². The van der Waals surface area contributed by atoms with Crippen LogP contribution in [0.15, 0.2) is 4.99 Å². The summed E-state index contributed by atoms with van der Waals surface area (Å²) in [7, 11) is 0. The molecule has 2 rings (SSSR count). The van der Waals surface area contributed by atoms with Gasteiger partial charge in [0, 0.05) is 32.8 Å². The Labute approximate surface area is 151 Å². The molecule has 0 saturated carbocycles. The van der Waals surface area contributed by atoms with Crippen LogP contribution in [0.2, 0.25) is 0 Å². The largest absolute Gasteiger partial charge is 0.388 e. The number of hydrogen-bond acceptors (Lipinski definition) is 3. The molecule has 130 valence electrons. The average Bonchev–Trinajstić information content (AvgIpc) is 2.88. The second-order valence-electron chi connectivity index (χ2n) is 6.80. The lowest BCUT2D eigenvalue weighted by Crippen LogP contribution is -2.43. The summed E-state index contributed by atoms with van der Waals surface area (Å²) in [6.45, 7) is 11.2. The van der Waals surface area contributed by atoms with E-state index in [9.17, 15) is 5.11 Å². The van der Waals surface area contributed by atoms with Gasteiger partial charge in [-0.25, -0.2) is 0 Å². The smallest absolute Gasteiger partial charge is 0.194 e. The first-order valence-electron chi connectivity index (χ1n) is 8.34. The number of ether oxygens (including phenoxy) is 1. The molecule has 2 aliphatic rings. The molecule has 0 aromatic carbocycles. The minimum absolute atomic E-state index is 0. The first-order chi connectivity index (χ1) is 10.0. The minimum Gasteiger partial charge on any atom is -0.388 e. The molecule has 1 spiro atoms. The molecule has 2 heterocycles. The summed E-state index contributed by atoms with van der Waals surface area (Å²) in [4.78, 5) is 7.03. The van der Waals surface area contributed by atoms with Gasteiger partial charge < -0.3 is 20.1 Å². The van der Waals surface area contributed by atoms with E-state index in [0.717, 1.165) is 58.1 Å². The van der Waals surface area contributed by atoms with Gasteiger partial charge in [0.05, 0.1) is 12.1 Å². The van der Waals surface area contributed by atoms with Crippen molar-refractivity contribution in [2.45, 2.75) is 52.1 Å². The van der Waals surface area contributed by atoms with Crippen LogP contribution in [-0.2, 0) is 4.74 Å². The number of hydrogen-bond donors (Lipinski definition) is 2. The Morgan fingerprint density at radius 2 is 2.00 bits per heavy atom. The fourth-order valence-corrected chi connectivity index (χ4v) is 3.11. The summed E-state index contributed by atoms with van der Waals surface area (Å²) < 4.78 is 5.51. The van der Waals surface area contributed by atoms with Gasteiger partial charge in [-0.05, 0) is 44.9 Å². The zero-order valence-corrected chi connectivity index (χ0v) is 16.6. The Hall–Kier alpha value is -0.0800. The maximum absolute atomic E-state index is 10.2. The molecule has 2 fully saturated rings. The Morgan fingerprint density at radius 3 is 2.59 bits per heavy atom. The van der Waals surface area contributed by atoms with E-state index < -0.39 is 5.60 Å². The van der Waals surface area contributed by atoms with Crippen LogP contribution in [0, 0.1) is 5.41 Å². The molecular weight excluding hydrogens is 393 g/mol. The zero-order valence-electron chi connectivity index (χ0n) is 14.2. The summed E-state index contributed by atoms with van der Waals surface area (Å²) in [6.07, 6.45) is 4.27. The second kappa shape index (κ2) is 8.68. The fourth-order valence-electron chi connectivity index (χ4n) is 3.11. The lowest BCUT2D eigenvalue weighted by Gasteiger charge is -2.33. The molecule has 0 amide bonds. The molecule has 1 unspecified atom stereocenters. The number of likely N-dealkylation sites (tertiary alicyclic amines) is 1. The number of guanidine groups is 1. The van der Waals surface area contributed by atoms with Gasteiger partial charge in [0.2, 0.25) is 0 Å². The lowest BCUT2D eigenvalue weighted by atomic mass is 9.80. The molecule has 1 atom stereocenters. The van der Waals surface area contributed by atoms with Crippen molar-refractivity contribution in [2.24, 2.45) is 10.4 Å². The third kappa shape index (κ3) is 5.23. The van der Waals surface area contributed by atoms with Crippen molar-refractivity contribution in [1.29, 1.82) is 0 Å². The highest BCUT2D eigenvalue weighted by molar-refractivity contribution is 14.0. The topological polar surface area (TPSA) is 57.1 Å². The normalized spacial score (nSPS) is 24.0. The van der Waals surface area contributed by atoms with Crippen molar-refractivity contribution in [1.82, 2.24) is 10.2 Å². The van der Waals surface area contributed by atoms with Gasteiger partial charge in [-0.1, -0.05) is 6.92 Å². The van der Waals surface area contributed by atoms with E-state index in [0.29, 0.717) is 12.0 Å². The number of nitrogens with zero attached hydrogens (tertiary/aromatic N) is 2. The maximum Gasteiger partial charge on any atom is 0.194 e. The Kier molecular flexibility index (Phi) is 7.88. The van der Waals surface area contributed by atoms with Gasteiger partial charge in [0.15, 0.2) is 5.96 Å². The van der Waals surface area contributed by atoms with Crippen LogP contribution < -0.4 is 5.32 Å². The zero-order chi connectivity index (χ0) is 15.3. The van der Waals surface area contributed by atoms with Crippen LogP contribution in [-0.4, -0.2) is 61.0 Å². The van der Waals surface area contributed by atoms with Crippen LogP contribution in [0.5, 0.6) is 0 Å². The third-order valence-corrected chi connectivity index (χ3v) is 4.96. The highest BCUT2D eigenvalue weighted by Gasteiger charge is 2.40. The van der Waals surface area contributed by atoms with Crippen LogP contribution in [0.25, 0.3) is 0 Å². The standard InChI is InChI=1S/C16H31N3O2.HI/c1-4-15(3,20)12-18-14(17-5-2)19-9-6-16(13-19)7-10-21-11-8-16;/h20H,4-13H2,1-3H3,(H,17,18);1H. The molecule has 0 aliphatic carbocycles. The molecule has 2 saturated heterocycles. The number of nitrogens with one attached hydrogen (secondary N) is 1. The predicted molar refractivity (Wildman–Crippen MR) is 101 cm³/mol. The Balaban J connectivity index is 0.00000242. The van der Waals surface area contributed by atoms with Crippen LogP contribution in [0.1, 0.15) is 46.5 Å². The number of aliphatic imine (C=N–C) groups is 1. The van der Waals surface area contributed by atoms with E-state index in [1.165, 1.54) is 6.42 Å². The average molecular weight is 425 g/mol. The van der Waals surface area contributed by atoms with Gasteiger partial charge >= 0.3 is 0 Å². The molecule has 0 radical (unpaired) electrons. The van der Waals surface area contributed by atoms with Crippen molar-refractivity contribution in [3.8, 4) is 0 Å². The minimum atomic E-state index is -0.712. The van der Waals surface area contributed by atoms with Gasteiger partial charge in [0.25, 0.3) is 0 Å².